The van der Waals surface area contributed by atoms with Crippen LogP contribution in [0.15, 0.2) is 36.4 Å². The average molecular weight is 346 g/mol. The van der Waals surface area contributed by atoms with E-state index >= 15 is 0 Å². The van der Waals surface area contributed by atoms with Gasteiger partial charge in [0.25, 0.3) is 0 Å². The Morgan fingerprint density at radius 2 is 1.40 bits per heavy atom. The molecule has 0 aliphatic rings. The molecule has 6 nitrogen and oxygen atoms in total. The molecule has 6 heteroatoms. The van der Waals surface area contributed by atoms with Crippen molar-refractivity contribution in [2.75, 3.05) is 20.8 Å². The second-order valence-electron chi connectivity index (χ2n) is 5.93. The molecule has 136 valence electrons. The monoisotopic (exact) mass is 346 g/mol. The normalized spacial score (nSPS) is 12.0. The highest BCUT2D eigenvalue weighted by molar-refractivity contribution is 5.42. The molecule has 2 rings (SSSR count). The van der Waals surface area contributed by atoms with E-state index in [4.69, 9.17) is 9.47 Å². The minimum Gasteiger partial charge on any atom is -0.504 e. The van der Waals surface area contributed by atoms with Crippen molar-refractivity contribution >= 4 is 0 Å². The smallest absolute Gasteiger partial charge is 0.160 e. The number of ether oxygens (including phenoxy) is 2. The fraction of sp³-hybridized carbons (Fsp3) is 0.368. The lowest BCUT2D eigenvalue weighted by Gasteiger charge is -2.16. The van der Waals surface area contributed by atoms with Crippen LogP contribution in [0.1, 0.15) is 18.1 Å². The molecule has 0 fully saturated rings. The van der Waals surface area contributed by atoms with Gasteiger partial charge in [-0.3, -0.25) is 0 Å². The van der Waals surface area contributed by atoms with E-state index in [1.807, 2.05) is 24.3 Å². The van der Waals surface area contributed by atoms with Gasteiger partial charge in [-0.2, -0.15) is 0 Å². The Kier molecular flexibility index (Phi) is 6.91. The van der Waals surface area contributed by atoms with Crippen LogP contribution < -0.4 is 20.1 Å². The van der Waals surface area contributed by atoms with Crippen LogP contribution in [0.5, 0.6) is 23.0 Å². The summed E-state index contributed by atoms with van der Waals surface area (Å²) in [4.78, 5) is 0. The summed E-state index contributed by atoms with van der Waals surface area (Å²) in [5, 5.41) is 26.0. The molecule has 1 atom stereocenters. The molecule has 25 heavy (non-hydrogen) atoms. The zero-order chi connectivity index (χ0) is 18.2. The number of nitrogens with one attached hydrogen (secondary N) is 2. The topological polar surface area (TPSA) is 83.0 Å². The summed E-state index contributed by atoms with van der Waals surface area (Å²) >= 11 is 0. The Morgan fingerprint density at radius 1 is 0.880 bits per heavy atom. The van der Waals surface area contributed by atoms with Gasteiger partial charge in [-0.15, -0.1) is 0 Å². The first kappa shape index (κ1) is 18.9. The van der Waals surface area contributed by atoms with Gasteiger partial charge < -0.3 is 30.3 Å². The van der Waals surface area contributed by atoms with Crippen molar-refractivity contribution in [2.24, 2.45) is 0 Å². The molecule has 0 aromatic heterocycles. The zero-order valence-corrected chi connectivity index (χ0v) is 14.9. The van der Waals surface area contributed by atoms with Crippen LogP contribution in [0.4, 0.5) is 0 Å². The van der Waals surface area contributed by atoms with Crippen molar-refractivity contribution in [2.45, 2.75) is 26.1 Å². The first-order valence-corrected chi connectivity index (χ1v) is 8.19. The van der Waals surface area contributed by atoms with Crippen molar-refractivity contribution in [3.8, 4) is 23.0 Å². The van der Waals surface area contributed by atoms with Crippen LogP contribution in [0.25, 0.3) is 0 Å². The molecule has 0 bridgehead atoms. The molecule has 0 heterocycles. The number of rotatable bonds is 9. The Balaban J connectivity index is 1.76. The van der Waals surface area contributed by atoms with E-state index in [0.717, 1.165) is 17.7 Å². The van der Waals surface area contributed by atoms with E-state index in [-0.39, 0.29) is 17.5 Å². The predicted molar refractivity (Wildman–Crippen MR) is 97.3 cm³/mol. The highest BCUT2D eigenvalue weighted by Crippen LogP contribution is 2.27. The summed E-state index contributed by atoms with van der Waals surface area (Å²) in [6.45, 7) is 4.27. The van der Waals surface area contributed by atoms with E-state index in [9.17, 15) is 10.2 Å². The average Bonchev–Trinajstić information content (AvgIpc) is 2.62. The Morgan fingerprint density at radius 3 is 1.92 bits per heavy atom. The third-order valence-corrected chi connectivity index (χ3v) is 3.92. The maximum Gasteiger partial charge on any atom is 0.160 e. The number of methoxy groups -OCH3 is 2. The standard InChI is InChI=1S/C19H26N2O4/c1-13(21-12-15-5-7-17(23)19(9-15)25-3)10-20-11-14-4-6-16(22)18(8-14)24-2/h4-9,13,20-23H,10-12H2,1-3H3/t13-/m1/s1. The highest BCUT2D eigenvalue weighted by Gasteiger charge is 2.06. The van der Waals surface area contributed by atoms with Crippen LogP contribution in [0.3, 0.4) is 0 Å². The highest BCUT2D eigenvalue weighted by atomic mass is 16.5. The largest absolute Gasteiger partial charge is 0.504 e. The third kappa shape index (κ3) is 5.55. The van der Waals surface area contributed by atoms with Crippen molar-refractivity contribution in [3.05, 3.63) is 47.5 Å². The lowest BCUT2D eigenvalue weighted by Crippen LogP contribution is -2.35. The quantitative estimate of drug-likeness (QED) is 0.558. The molecule has 0 radical (unpaired) electrons. The molecule has 2 aromatic rings. The second-order valence-corrected chi connectivity index (χ2v) is 5.93. The summed E-state index contributed by atoms with van der Waals surface area (Å²) in [6, 6.07) is 10.9. The van der Waals surface area contributed by atoms with Crippen LogP contribution in [0, 0.1) is 0 Å². The van der Waals surface area contributed by atoms with Gasteiger partial charge in [-0.25, -0.2) is 0 Å². The number of aromatic hydroxyl groups is 2. The lowest BCUT2D eigenvalue weighted by molar-refractivity contribution is 0.372. The minimum atomic E-state index is 0.144. The number of phenols is 2. The molecule has 0 saturated heterocycles. The SMILES string of the molecule is COc1cc(CNC[C@@H](C)NCc2ccc(O)c(OC)c2)ccc1O. The molecule has 4 N–H and O–H groups in total. The maximum atomic E-state index is 9.61. The fourth-order valence-electron chi connectivity index (χ4n) is 2.46. The molecule has 0 saturated carbocycles. The fourth-order valence-corrected chi connectivity index (χ4v) is 2.46. The second kappa shape index (κ2) is 9.15. The van der Waals surface area contributed by atoms with Gasteiger partial charge in [0.05, 0.1) is 14.2 Å². The van der Waals surface area contributed by atoms with E-state index in [1.54, 1.807) is 12.1 Å². The van der Waals surface area contributed by atoms with Crippen LogP contribution in [-0.2, 0) is 13.1 Å². The van der Waals surface area contributed by atoms with Crippen molar-refractivity contribution in [1.82, 2.24) is 10.6 Å². The summed E-state index contributed by atoms with van der Waals surface area (Å²) in [5.41, 5.74) is 2.09. The molecular formula is C19H26N2O4. The summed E-state index contributed by atoms with van der Waals surface area (Å²) in [6.07, 6.45) is 0. The number of phenolic OH excluding ortho intramolecular Hbond substituents is 2. The maximum absolute atomic E-state index is 9.61. The van der Waals surface area contributed by atoms with Gasteiger partial charge in [0.1, 0.15) is 0 Å². The molecule has 0 unspecified atom stereocenters. The third-order valence-electron chi connectivity index (χ3n) is 3.92. The van der Waals surface area contributed by atoms with E-state index in [1.165, 1.54) is 14.2 Å². The van der Waals surface area contributed by atoms with Crippen molar-refractivity contribution < 1.29 is 19.7 Å². The summed E-state index contributed by atoms with van der Waals surface area (Å²) in [5.74, 6) is 1.24. The summed E-state index contributed by atoms with van der Waals surface area (Å²) < 4.78 is 10.2. The molecule has 0 aliphatic carbocycles. The van der Waals surface area contributed by atoms with Crippen molar-refractivity contribution in [1.29, 1.82) is 0 Å². The zero-order valence-electron chi connectivity index (χ0n) is 14.9. The van der Waals surface area contributed by atoms with Gasteiger partial charge in [-0.1, -0.05) is 12.1 Å². The number of hydrogen-bond acceptors (Lipinski definition) is 6. The Bertz CT molecular complexity index is 691. The Hall–Kier alpha value is -2.44. The molecular weight excluding hydrogens is 320 g/mol. The van der Waals surface area contributed by atoms with Crippen LogP contribution >= 0.6 is 0 Å². The van der Waals surface area contributed by atoms with Gasteiger partial charge in [0.15, 0.2) is 23.0 Å². The Labute approximate surface area is 148 Å². The molecule has 0 aliphatic heterocycles. The summed E-state index contributed by atoms with van der Waals surface area (Å²) in [7, 11) is 3.08. The minimum absolute atomic E-state index is 0.144. The van der Waals surface area contributed by atoms with Gasteiger partial charge in [-0.05, 0) is 42.3 Å². The van der Waals surface area contributed by atoms with Crippen LogP contribution in [0.2, 0.25) is 0 Å². The number of hydrogen-bond donors (Lipinski definition) is 4. The van der Waals surface area contributed by atoms with E-state index in [2.05, 4.69) is 17.6 Å². The predicted octanol–water partition coefficient (Wildman–Crippen LogP) is 2.38. The first-order chi connectivity index (χ1) is 12.0. The van der Waals surface area contributed by atoms with Gasteiger partial charge >= 0.3 is 0 Å². The van der Waals surface area contributed by atoms with Crippen LogP contribution in [-0.4, -0.2) is 37.0 Å². The van der Waals surface area contributed by atoms with Crippen molar-refractivity contribution in [3.63, 3.8) is 0 Å². The number of benzene rings is 2. The van der Waals surface area contributed by atoms with Gasteiger partial charge in [0.2, 0.25) is 0 Å². The lowest BCUT2D eigenvalue weighted by atomic mass is 10.2. The first-order valence-electron chi connectivity index (χ1n) is 8.19. The van der Waals surface area contributed by atoms with E-state index in [0.29, 0.717) is 24.6 Å². The molecule has 2 aromatic carbocycles. The molecule has 0 amide bonds. The van der Waals surface area contributed by atoms with Gasteiger partial charge in [0, 0.05) is 25.7 Å². The molecule has 0 spiro atoms. The van der Waals surface area contributed by atoms with E-state index < -0.39 is 0 Å².